The molecule has 1 heterocycles. The average molecular weight is 257 g/mol. The summed E-state index contributed by atoms with van der Waals surface area (Å²) in [7, 11) is 0. The van der Waals surface area contributed by atoms with E-state index in [0.29, 0.717) is 11.7 Å². The Morgan fingerprint density at radius 1 is 1.16 bits per heavy atom. The molecule has 0 bridgehead atoms. The fraction of sp³-hybridized carbons (Fsp3) is 0.467. The second-order valence-corrected chi connectivity index (χ2v) is 5.59. The molecule has 1 aromatic heterocycles. The molecule has 3 rings (SSSR count). The van der Waals surface area contributed by atoms with Crippen molar-refractivity contribution < 1.29 is 4.52 Å². The first-order valence-electron chi connectivity index (χ1n) is 6.79. The Morgan fingerprint density at radius 2 is 1.89 bits per heavy atom. The van der Waals surface area contributed by atoms with Gasteiger partial charge in [-0.05, 0) is 49.9 Å². The van der Waals surface area contributed by atoms with E-state index in [4.69, 9.17) is 10.3 Å². The van der Waals surface area contributed by atoms with Gasteiger partial charge in [0, 0.05) is 5.56 Å². The number of rotatable bonds is 2. The van der Waals surface area contributed by atoms with Crippen LogP contribution in [0.25, 0.3) is 11.5 Å². The van der Waals surface area contributed by atoms with Gasteiger partial charge in [0.05, 0.1) is 5.54 Å². The topological polar surface area (TPSA) is 64.9 Å². The lowest BCUT2D eigenvalue weighted by molar-refractivity contribution is 0.372. The van der Waals surface area contributed by atoms with Crippen molar-refractivity contribution in [1.82, 2.24) is 10.1 Å². The molecule has 0 atom stereocenters. The molecular weight excluding hydrogens is 238 g/mol. The molecule has 100 valence electrons. The van der Waals surface area contributed by atoms with Crippen molar-refractivity contribution in [3.05, 3.63) is 35.2 Å². The molecule has 19 heavy (non-hydrogen) atoms. The molecule has 0 saturated heterocycles. The van der Waals surface area contributed by atoms with Gasteiger partial charge in [-0.25, -0.2) is 0 Å². The van der Waals surface area contributed by atoms with Gasteiger partial charge in [0.1, 0.15) is 0 Å². The highest BCUT2D eigenvalue weighted by Crippen LogP contribution is 2.35. The van der Waals surface area contributed by atoms with Crippen molar-refractivity contribution in [2.24, 2.45) is 5.73 Å². The summed E-state index contributed by atoms with van der Waals surface area (Å²) in [5.74, 6) is 1.22. The van der Waals surface area contributed by atoms with Gasteiger partial charge in [-0.2, -0.15) is 4.98 Å². The quantitative estimate of drug-likeness (QED) is 0.897. The largest absolute Gasteiger partial charge is 0.334 e. The van der Waals surface area contributed by atoms with Crippen LogP contribution < -0.4 is 5.73 Å². The minimum atomic E-state index is -0.387. The van der Waals surface area contributed by atoms with Crippen molar-refractivity contribution in [2.45, 2.75) is 45.1 Å². The van der Waals surface area contributed by atoms with E-state index in [1.54, 1.807) is 0 Å². The Kier molecular flexibility index (Phi) is 2.90. The highest BCUT2D eigenvalue weighted by molar-refractivity contribution is 5.55. The maximum absolute atomic E-state index is 6.34. The van der Waals surface area contributed by atoms with Gasteiger partial charge in [-0.1, -0.05) is 24.1 Å². The van der Waals surface area contributed by atoms with Gasteiger partial charge >= 0.3 is 0 Å². The van der Waals surface area contributed by atoms with Gasteiger partial charge < -0.3 is 10.3 Å². The third-order valence-electron chi connectivity index (χ3n) is 4.12. The molecule has 4 nitrogen and oxygen atoms in total. The number of hydrogen-bond donors (Lipinski definition) is 1. The van der Waals surface area contributed by atoms with Crippen LogP contribution in [0, 0.1) is 13.8 Å². The maximum atomic E-state index is 6.34. The highest BCUT2D eigenvalue weighted by atomic mass is 16.5. The molecule has 1 saturated carbocycles. The number of benzene rings is 1. The average Bonchev–Trinajstić information content (AvgIpc) is 3.02. The molecule has 1 aliphatic carbocycles. The molecular formula is C15H19N3O. The van der Waals surface area contributed by atoms with Gasteiger partial charge in [0.15, 0.2) is 5.82 Å². The van der Waals surface area contributed by atoms with Crippen LogP contribution in [0.5, 0.6) is 0 Å². The van der Waals surface area contributed by atoms with E-state index in [2.05, 4.69) is 36.1 Å². The molecule has 1 fully saturated rings. The normalized spacial score (nSPS) is 17.8. The van der Waals surface area contributed by atoms with Crippen LogP contribution in [-0.2, 0) is 5.54 Å². The summed E-state index contributed by atoms with van der Waals surface area (Å²) in [4.78, 5) is 4.50. The predicted molar refractivity (Wildman–Crippen MR) is 73.5 cm³/mol. The Morgan fingerprint density at radius 3 is 2.58 bits per heavy atom. The first kappa shape index (κ1) is 12.4. The Hall–Kier alpha value is -1.68. The molecule has 1 aliphatic rings. The molecule has 0 radical (unpaired) electrons. The van der Waals surface area contributed by atoms with Crippen molar-refractivity contribution in [1.29, 1.82) is 0 Å². The van der Waals surface area contributed by atoms with E-state index in [1.807, 2.05) is 6.07 Å². The summed E-state index contributed by atoms with van der Waals surface area (Å²) < 4.78 is 5.38. The monoisotopic (exact) mass is 257 g/mol. The maximum Gasteiger partial charge on any atom is 0.258 e. The van der Waals surface area contributed by atoms with E-state index in [1.165, 1.54) is 11.1 Å². The van der Waals surface area contributed by atoms with Crippen LogP contribution in [0.4, 0.5) is 0 Å². The summed E-state index contributed by atoms with van der Waals surface area (Å²) >= 11 is 0. The number of nitrogens with two attached hydrogens (primary N) is 1. The number of nitrogens with zero attached hydrogens (tertiary/aromatic N) is 2. The number of aromatic nitrogens is 2. The van der Waals surface area contributed by atoms with Gasteiger partial charge in [-0.15, -0.1) is 0 Å². The lowest BCUT2D eigenvalue weighted by Gasteiger charge is -2.17. The molecule has 4 heteroatoms. The zero-order valence-corrected chi connectivity index (χ0v) is 11.4. The van der Waals surface area contributed by atoms with E-state index >= 15 is 0 Å². The molecule has 2 aromatic rings. The van der Waals surface area contributed by atoms with Gasteiger partial charge in [-0.3, -0.25) is 0 Å². The number of aryl methyl sites for hydroxylation is 2. The van der Waals surface area contributed by atoms with Crippen LogP contribution in [0.2, 0.25) is 0 Å². The molecule has 2 N–H and O–H groups in total. The Balaban J connectivity index is 1.94. The minimum absolute atomic E-state index is 0.387. The van der Waals surface area contributed by atoms with Crippen molar-refractivity contribution >= 4 is 0 Å². The third kappa shape index (κ3) is 2.16. The van der Waals surface area contributed by atoms with Crippen LogP contribution in [0.15, 0.2) is 22.7 Å². The van der Waals surface area contributed by atoms with Crippen LogP contribution in [0.3, 0.4) is 0 Å². The molecule has 0 unspecified atom stereocenters. The summed E-state index contributed by atoms with van der Waals surface area (Å²) in [6.07, 6.45) is 4.17. The standard InChI is InChI=1S/C15H19N3O/c1-10-5-6-12(9-11(10)2)13-17-14(18-19-13)15(16)7-3-4-8-15/h5-6,9H,3-4,7-8,16H2,1-2H3. The molecule has 0 amide bonds. The lowest BCUT2D eigenvalue weighted by Crippen LogP contribution is -2.34. The summed E-state index contributed by atoms with van der Waals surface area (Å²) in [6.45, 7) is 4.17. The van der Waals surface area contributed by atoms with Crippen molar-refractivity contribution in [3.63, 3.8) is 0 Å². The fourth-order valence-corrected chi connectivity index (χ4v) is 2.65. The molecule has 1 aromatic carbocycles. The lowest BCUT2D eigenvalue weighted by atomic mass is 9.98. The smallest absolute Gasteiger partial charge is 0.258 e. The Bertz CT molecular complexity index is 597. The molecule has 0 spiro atoms. The van der Waals surface area contributed by atoms with E-state index < -0.39 is 0 Å². The van der Waals surface area contributed by atoms with Crippen molar-refractivity contribution in [3.8, 4) is 11.5 Å². The van der Waals surface area contributed by atoms with Crippen LogP contribution in [-0.4, -0.2) is 10.1 Å². The van der Waals surface area contributed by atoms with Crippen LogP contribution in [0.1, 0.15) is 42.6 Å². The van der Waals surface area contributed by atoms with E-state index in [0.717, 1.165) is 31.2 Å². The Labute approximate surface area is 113 Å². The van der Waals surface area contributed by atoms with Crippen LogP contribution >= 0.6 is 0 Å². The first-order chi connectivity index (χ1) is 9.08. The molecule has 0 aliphatic heterocycles. The van der Waals surface area contributed by atoms with E-state index in [-0.39, 0.29) is 5.54 Å². The summed E-state index contributed by atoms with van der Waals surface area (Å²) in [5, 5.41) is 4.09. The second-order valence-electron chi connectivity index (χ2n) is 5.59. The van der Waals surface area contributed by atoms with Gasteiger partial charge in [0.2, 0.25) is 0 Å². The SMILES string of the molecule is Cc1ccc(-c2nc(C3(N)CCCC3)no2)cc1C. The zero-order chi connectivity index (χ0) is 13.5. The first-order valence-corrected chi connectivity index (χ1v) is 6.79. The minimum Gasteiger partial charge on any atom is -0.334 e. The third-order valence-corrected chi connectivity index (χ3v) is 4.12. The van der Waals surface area contributed by atoms with E-state index in [9.17, 15) is 0 Å². The fourth-order valence-electron chi connectivity index (χ4n) is 2.65. The summed E-state index contributed by atoms with van der Waals surface area (Å²) in [6, 6.07) is 6.16. The second kappa shape index (κ2) is 4.46. The summed E-state index contributed by atoms with van der Waals surface area (Å²) in [5.41, 5.74) is 9.40. The zero-order valence-electron chi connectivity index (χ0n) is 11.4. The van der Waals surface area contributed by atoms with Crippen molar-refractivity contribution in [2.75, 3.05) is 0 Å². The van der Waals surface area contributed by atoms with Gasteiger partial charge in [0.25, 0.3) is 5.89 Å². The number of hydrogen-bond acceptors (Lipinski definition) is 4. The highest BCUT2D eigenvalue weighted by Gasteiger charge is 2.36. The predicted octanol–water partition coefficient (Wildman–Crippen LogP) is 3.08.